The molecule has 0 spiro atoms. The minimum Gasteiger partial charge on any atom is -0.462 e. The van der Waals surface area contributed by atoms with Gasteiger partial charge in [-0.05, 0) is 77.0 Å². The van der Waals surface area contributed by atoms with Crippen LogP contribution in [0.1, 0.15) is 290 Å². The topological polar surface area (TPSA) is 78.9 Å². The van der Waals surface area contributed by atoms with E-state index in [-0.39, 0.29) is 31.1 Å². The summed E-state index contributed by atoms with van der Waals surface area (Å²) in [6.07, 6.45) is 61.2. The minimum atomic E-state index is -0.779. The maximum Gasteiger partial charge on any atom is 0.306 e. The van der Waals surface area contributed by atoms with Crippen LogP contribution in [0.5, 0.6) is 0 Å². The van der Waals surface area contributed by atoms with E-state index < -0.39 is 6.10 Å². The van der Waals surface area contributed by atoms with Crippen molar-refractivity contribution in [1.82, 2.24) is 0 Å². The second-order valence-corrected chi connectivity index (χ2v) is 18.5. The number of hydrogen-bond donors (Lipinski definition) is 0. The van der Waals surface area contributed by atoms with Gasteiger partial charge in [0.1, 0.15) is 13.2 Å². The molecular formula is C57H104O6. The molecular weight excluding hydrogens is 781 g/mol. The van der Waals surface area contributed by atoms with E-state index in [0.29, 0.717) is 19.3 Å². The van der Waals surface area contributed by atoms with E-state index >= 15 is 0 Å². The fourth-order valence-electron chi connectivity index (χ4n) is 7.94. The van der Waals surface area contributed by atoms with Crippen LogP contribution in [-0.4, -0.2) is 37.2 Å². The lowest BCUT2D eigenvalue weighted by Crippen LogP contribution is -2.30. The van der Waals surface area contributed by atoms with E-state index in [4.69, 9.17) is 14.2 Å². The molecule has 0 saturated heterocycles. The zero-order valence-corrected chi connectivity index (χ0v) is 42.1. The molecule has 0 aliphatic carbocycles. The van der Waals surface area contributed by atoms with Crippen LogP contribution in [0, 0.1) is 0 Å². The lowest BCUT2D eigenvalue weighted by molar-refractivity contribution is -0.167. The molecule has 0 aromatic carbocycles. The van der Waals surface area contributed by atoms with E-state index in [1.807, 2.05) is 0 Å². The quantitative estimate of drug-likeness (QED) is 0.0262. The van der Waals surface area contributed by atoms with E-state index in [2.05, 4.69) is 57.2 Å². The fourth-order valence-corrected chi connectivity index (χ4v) is 7.94. The second-order valence-electron chi connectivity index (χ2n) is 18.5. The van der Waals surface area contributed by atoms with Crippen molar-refractivity contribution in [3.05, 3.63) is 36.5 Å². The van der Waals surface area contributed by atoms with Crippen LogP contribution in [0.2, 0.25) is 0 Å². The molecule has 0 N–H and O–H groups in total. The number of carbonyl (C=O) groups excluding carboxylic acids is 3. The van der Waals surface area contributed by atoms with Crippen LogP contribution in [0.25, 0.3) is 0 Å². The summed E-state index contributed by atoms with van der Waals surface area (Å²) in [5.74, 6) is -0.886. The van der Waals surface area contributed by atoms with Crippen molar-refractivity contribution >= 4 is 17.9 Å². The van der Waals surface area contributed by atoms with Crippen molar-refractivity contribution in [1.29, 1.82) is 0 Å². The van der Waals surface area contributed by atoms with Crippen LogP contribution in [0.3, 0.4) is 0 Å². The Balaban J connectivity index is 4.38. The molecule has 368 valence electrons. The SMILES string of the molecule is CCCCCC=CCC=CCCCCCCCC(=O)OC(COC(=O)CCCCCCCC=CCCCCCCCC)COC(=O)CCCCCCCCCCCCCCCCC. The van der Waals surface area contributed by atoms with Gasteiger partial charge in [-0.25, -0.2) is 0 Å². The third-order valence-electron chi connectivity index (χ3n) is 12.1. The van der Waals surface area contributed by atoms with Gasteiger partial charge in [0.25, 0.3) is 0 Å². The van der Waals surface area contributed by atoms with E-state index in [0.717, 1.165) is 89.9 Å². The molecule has 0 aliphatic heterocycles. The van der Waals surface area contributed by atoms with Crippen LogP contribution >= 0.6 is 0 Å². The van der Waals surface area contributed by atoms with Gasteiger partial charge in [-0.3, -0.25) is 14.4 Å². The summed E-state index contributed by atoms with van der Waals surface area (Å²) < 4.78 is 16.8. The minimum absolute atomic E-state index is 0.0772. The number of esters is 3. The van der Waals surface area contributed by atoms with Gasteiger partial charge in [0.2, 0.25) is 0 Å². The smallest absolute Gasteiger partial charge is 0.306 e. The van der Waals surface area contributed by atoms with Crippen LogP contribution < -0.4 is 0 Å². The van der Waals surface area contributed by atoms with Crippen molar-refractivity contribution in [3.8, 4) is 0 Å². The summed E-state index contributed by atoms with van der Waals surface area (Å²) in [5.41, 5.74) is 0. The lowest BCUT2D eigenvalue weighted by Gasteiger charge is -2.18. The zero-order chi connectivity index (χ0) is 45.8. The van der Waals surface area contributed by atoms with Crippen molar-refractivity contribution < 1.29 is 28.6 Å². The van der Waals surface area contributed by atoms with Gasteiger partial charge in [0, 0.05) is 19.3 Å². The summed E-state index contributed by atoms with van der Waals surface area (Å²) in [6.45, 7) is 6.62. The Bertz CT molecular complexity index is 1060. The number of carbonyl (C=O) groups is 3. The lowest BCUT2D eigenvalue weighted by atomic mass is 10.0. The predicted octanol–water partition coefficient (Wildman–Crippen LogP) is 18.1. The molecule has 1 unspecified atom stereocenters. The molecule has 0 bridgehead atoms. The van der Waals surface area contributed by atoms with Gasteiger partial charge in [0.15, 0.2) is 6.10 Å². The average Bonchev–Trinajstić information content (AvgIpc) is 3.28. The summed E-state index contributed by atoms with van der Waals surface area (Å²) in [6, 6.07) is 0. The maximum absolute atomic E-state index is 12.8. The van der Waals surface area contributed by atoms with Gasteiger partial charge in [-0.2, -0.15) is 0 Å². The summed E-state index contributed by atoms with van der Waals surface area (Å²) >= 11 is 0. The maximum atomic E-state index is 12.8. The molecule has 0 heterocycles. The van der Waals surface area contributed by atoms with Crippen molar-refractivity contribution in [2.24, 2.45) is 0 Å². The molecule has 0 fully saturated rings. The highest BCUT2D eigenvalue weighted by molar-refractivity contribution is 5.71. The Morgan fingerprint density at radius 2 is 0.571 bits per heavy atom. The third kappa shape index (κ3) is 50.5. The molecule has 63 heavy (non-hydrogen) atoms. The average molecular weight is 885 g/mol. The molecule has 0 rings (SSSR count). The largest absolute Gasteiger partial charge is 0.462 e. The van der Waals surface area contributed by atoms with Crippen molar-refractivity contribution in [2.45, 2.75) is 297 Å². The number of rotatable bonds is 50. The zero-order valence-electron chi connectivity index (χ0n) is 42.1. The Labute approximate surface area is 391 Å². The third-order valence-corrected chi connectivity index (χ3v) is 12.1. The summed E-state index contributed by atoms with van der Waals surface area (Å²) in [7, 11) is 0. The van der Waals surface area contributed by atoms with Crippen molar-refractivity contribution in [2.75, 3.05) is 13.2 Å². The number of ether oxygens (including phenoxy) is 3. The van der Waals surface area contributed by atoms with Gasteiger partial charge in [-0.1, -0.05) is 231 Å². The highest BCUT2D eigenvalue weighted by Gasteiger charge is 2.19. The number of unbranched alkanes of at least 4 members (excludes halogenated alkanes) is 33. The van der Waals surface area contributed by atoms with Gasteiger partial charge < -0.3 is 14.2 Å². The van der Waals surface area contributed by atoms with E-state index in [1.54, 1.807) is 0 Å². The first-order valence-corrected chi connectivity index (χ1v) is 27.5. The monoisotopic (exact) mass is 885 g/mol. The molecule has 6 nitrogen and oxygen atoms in total. The molecule has 0 aromatic heterocycles. The molecule has 0 saturated carbocycles. The van der Waals surface area contributed by atoms with Gasteiger partial charge >= 0.3 is 17.9 Å². The Hall–Kier alpha value is -2.37. The van der Waals surface area contributed by atoms with Crippen molar-refractivity contribution in [3.63, 3.8) is 0 Å². The summed E-state index contributed by atoms with van der Waals surface area (Å²) in [5, 5.41) is 0. The fraction of sp³-hybridized carbons (Fsp3) is 0.842. The normalized spacial score (nSPS) is 12.2. The molecule has 0 aliphatic rings. The Morgan fingerprint density at radius 1 is 0.317 bits per heavy atom. The Morgan fingerprint density at radius 3 is 0.921 bits per heavy atom. The first-order valence-electron chi connectivity index (χ1n) is 27.5. The first kappa shape index (κ1) is 60.6. The van der Waals surface area contributed by atoms with Crippen LogP contribution in [0.15, 0.2) is 36.5 Å². The molecule has 1 atom stereocenters. The van der Waals surface area contributed by atoms with Crippen LogP contribution in [0.4, 0.5) is 0 Å². The predicted molar refractivity (Wildman–Crippen MR) is 270 cm³/mol. The Kier molecular flexibility index (Phi) is 50.3. The standard InChI is InChI=1S/C57H104O6/c1-4-7-10-13-16-19-22-25-28-31-34-37-40-43-46-49-55(58)61-52-54(63-57(60)51-48-45-42-39-36-33-30-27-24-21-18-15-12-9-6-3)53-62-56(59)50-47-44-41-38-35-32-29-26-23-20-17-14-11-8-5-2/h18,21,25,27-28,30,54H,4-17,19-20,22-24,26,29,31-53H2,1-3H3. The van der Waals surface area contributed by atoms with Gasteiger partial charge in [0.05, 0.1) is 0 Å². The molecule has 0 radical (unpaired) electrons. The second kappa shape index (κ2) is 52.3. The van der Waals surface area contributed by atoms with E-state index in [9.17, 15) is 14.4 Å². The summed E-state index contributed by atoms with van der Waals surface area (Å²) in [4.78, 5) is 38.0. The highest BCUT2D eigenvalue weighted by atomic mass is 16.6. The number of hydrogen-bond acceptors (Lipinski definition) is 6. The van der Waals surface area contributed by atoms with Gasteiger partial charge in [-0.15, -0.1) is 0 Å². The van der Waals surface area contributed by atoms with E-state index in [1.165, 1.54) is 161 Å². The first-order chi connectivity index (χ1) is 31.0. The molecule has 6 heteroatoms. The highest BCUT2D eigenvalue weighted by Crippen LogP contribution is 2.16. The molecule has 0 aromatic rings. The number of allylic oxidation sites excluding steroid dienone is 6. The molecule has 0 amide bonds. The van der Waals surface area contributed by atoms with Crippen LogP contribution in [-0.2, 0) is 28.6 Å².